The van der Waals surface area contributed by atoms with Gasteiger partial charge in [-0.15, -0.1) is 11.8 Å². The molecule has 0 spiro atoms. The summed E-state index contributed by atoms with van der Waals surface area (Å²) in [4.78, 5) is 0.549. The van der Waals surface area contributed by atoms with Crippen LogP contribution in [0.5, 0.6) is 0 Å². The third-order valence-corrected chi connectivity index (χ3v) is 3.14. The maximum atomic E-state index is 13.7. The van der Waals surface area contributed by atoms with Gasteiger partial charge in [-0.25, -0.2) is 4.39 Å². The van der Waals surface area contributed by atoms with Gasteiger partial charge in [0, 0.05) is 0 Å². The Morgan fingerprint density at radius 3 is 2.46 bits per heavy atom. The SMILES string of the molecule is CSc1c(Cl)ccc(C(C)C)c1F. The molecule has 3 heteroatoms. The molecule has 0 nitrogen and oxygen atoms in total. The molecule has 0 aromatic heterocycles. The Kier molecular flexibility index (Phi) is 3.63. The van der Waals surface area contributed by atoms with Crippen LogP contribution in [0.3, 0.4) is 0 Å². The van der Waals surface area contributed by atoms with E-state index in [1.165, 1.54) is 11.8 Å². The fourth-order valence-corrected chi connectivity index (χ4v) is 2.12. The lowest BCUT2D eigenvalue weighted by Gasteiger charge is -2.10. The van der Waals surface area contributed by atoms with Crippen LogP contribution in [0.2, 0.25) is 5.02 Å². The van der Waals surface area contributed by atoms with Crippen molar-refractivity contribution < 1.29 is 4.39 Å². The van der Waals surface area contributed by atoms with E-state index in [1.807, 2.05) is 20.1 Å². The highest BCUT2D eigenvalue weighted by Crippen LogP contribution is 2.32. The fraction of sp³-hybridized carbons (Fsp3) is 0.400. The fourth-order valence-electron chi connectivity index (χ4n) is 1.18. The average molecular weight is 219 g/mol. The van der Waals surface area contributed by atoms with Crippen LogP contribution in [-0.2, 0) is 0 Å². The summed E-state index contributed by atoms with van der Waals surface area (Å²) in [5.41, 5.74) is 0.730. The molecule has 0 saturated carbocycles. The molecule has 13 heavy (non-hydrogen) atoms. The third-order valence-electron chi connectivity index (χ3n) is 1.91. The molecule has 0 unspecified atom stereocenters. The molecule has 0 atom stereocenters. The molecule has 0 saturated heterocycles. The van der Waals surface area contributed by atoms with Gasteiger partial charge in [-0.1, -0.05) is 31.5 Å². The predicted octanol–water partition coefficient (Wildman–Crippen LogP) is 4.32. The lowest BCUT2D eigenvalue weighted by Crippen LogP contribution is -1.95. The summed E-state index contributed by atoms with van der Waals surface area (Å²) < 4.78 is 13.7. The first-order valence-corrected chi connectivity index (χ1v) is 5.70. The van der Waals surface area contributed by atoms with Crippen LogP contribution in [0.25, 0.3) is 0 Å². The molecule has 1 aromatic rings. The summed E-state index contributed by atoms with van der Waals surface area (Å²) in [7, 11) is 0. The van der Waals surface area contributed by atoms with Crippen molar-refractivity contribution in [1.29, 1.82) is 0 Å². The highest BCUT2D eigenvalue weighted by molar-refractivity contribution is 7.98. The summed E-state index contributed by atoms with van der Waals surface area (Å²) in [5, 5.41) is 0.495. The van der Waals surface area contributed by atoms with Crippen molar-refractivity contribution in [2.75, 3.05) is 6.26 Å². The van der Waals surface area contributed by atoms with E-state index in [0.717, 1.165) is 5.56 Å². The van der Waals surface area contributed by atoms with Crippen LogP contribution >= 0.6 is 23.4 Å². The van der Waals surface area contributed by atoms with Crippen molar-refractivity contribution in [1.82, 2.24) is 0 Å². The Hall–Kier alpha value is -0.210. The second kappa shape index (κ2) is 4.34. The van der Waals surface area contributed by atoms with E-state index >= 15 is 0 Å². The Bertz CT molecular complexity index is 310. The standard InChI is InChI=1S/C10H12ClFS/c1-6(2)7-4-5-8(11)10(13-3)9(7)12/h4-6H,1-3H3. The van der Waals surface area contributed by atoms with Crippen molar-refractivity contribution in [2.45, 2.75) is 24.7 Å². The topological polar surface area (TPSA) is 0 Å². The average Bonchev–Trinajstić information content (AvgIpc) is 2.04. The number of benzene rings is 1. The van der Waals surface area contributed by atoms with Gasteiger partial charge < -0.3 is 0 Å². The van der Waals surface area contributed by atoms with E-state index in [1.54, 1.807) is 12.1 Å². The summed E-state index contributed by atoms with van der Waals surface area (Å²) in [5.74, 6) is 0.0261. The smallest absolute Gasteiger partial charge is 0.141 e. The molecule has 0 bridgehead atoms. The van der Waals surface area contributed by atoms with Crippen molar-refractivity contribution >= 4 is 23.4 Å². The normalized spacial score (nSPS) is 10.9. The van der Waals surface area contributed by atoms with Gasteiger partial charge in [0.2, 0.25) is 0 Å². The molecule has 72 valence electrons. The van der Waals surface area contributed by atoms with E-state index in [-0.39, 0.29) is 11.7 Å². The highest BCUT2D eigenvalue weighted by atomic mass is 35.5. The molecule has 0 radical (unpaired) electrons. The first-order valence-electron chi connectivity index (χ1n) is 4.09. The Morgan fingerprint density at radius 1 is 1.38 bits per heavy atom. The first kappa shape index (κ1) is 10.9. The largest absolute Gasteiger partial charge is 0.205 e. The van der Waals surface area contributed by atoms with E-state index in [0.29, 0.717) is 9.92 Å². The minimum Gasteiger partial charge on any atom is -0.205 e. The van der Waals surface area contributed by atoms with Gasteiger partial charge in [-0.3, -0.25) is 0 Å². The zero-order chi connectivity index (χ0) is 10.0. The molecule has 0 aliphatic heterocycles. The molecule has 0 heterocycles. The summed E-state index contributed by atoms with van der Waals surface area (Å²) in [6.07, 6.45) is 1.83. The molecular formula is C10H12ClFS. The number of thioether (sulfide) groups is 1. The number of halogens is 2. The molecule has 0 amide bonds. The molecular weight excluding hydrogens is 207 g/mol. The molecule has 0 aliphatic carbocycles. The maximum absolute atomic E-state index is 13.7. The molecule has 0 aliphatic rings. The minimum absolute atomic E-state index is 0.171. The van der Waals surface area contributed by atoms with Gasteiger partial charge in [0.15, 0.2) is 0 Å². The second-order valence-corrected chi connectivity index (χ2v) is 4.36. The van der Waals surface area contributed by atoms with E-state index in [9.17, 15) is 4.39 Å². The van der Waals surface area contributed by atoms with Crippen molar-refractivity contribution in [2.24, 2.45) is 0 Å². The van der Waals surface area contributed by atoms with E-state index in [4.69, 9.17) is 11.6 Å². The van der Waals surface area contributed by atoms with Crippen LogP contribution < -0.4 is 0 Å². The zero-order valence-corrected chi connectivity index (χ0v) is 9.47. The number of hydrogen-bond donors (Lipinski definition) is 0. The van der Waals surface area contributed by atoms with E-state index < -0.39 is 0 Å². The second-order valence-electron chi connectivity index (χ2n) is 3.14. The quantitative estimate of drug-likeness (QED) is 0.666. The Labute approximate surface area is 87.5 Å². The van der Waals surface area contributed by atoms with Gasteiger partial charge in [0.25, 0.3) is 0 Å². The van der Waals surface area contributed by atoms with Crippen LogP contribution in [0.15, 0.2) is 17.0 Å². The van der Waals surface area contributed by atoms with Crippen molar-refractivity contribution in [3.8, 4) is 0 Å². The summed E-state index contributed by atoms with van der Waals surface area (Å²) in [6, 6.07) is 3.51. The first-order chi connectivity index (χ1) is 6.07. The van der Waals surface area contributed by atoms with Gasteiger partial charge in [0.05, 0.1) is 9.92 Å². The van der Waals surface area contributed by atoms with Crippen LogP contribution in [0, 0.1) is 5.82 Å². The van der Waals surface area contributed by atoms with Gasteiger partial charge in [0.1, 0.15) is 5.82 Å². The maximum Gasteiger partial charge on any atom is 0.141 e. The van der Waals surface area contributed by atoms with Gasteiger partial charge in [-0.2, -0.15) is 0 Å². The molecule has 0 fully saturated rings. The van der Waals surface area contributed by atoms with E-state index in [2.05, 4.69) is 0 Å². The lowest BCUT2D eigenvalue weighted by atomic mass is 10.0. The van der Waals surface area contributed by atoms with Crippen LogP contribution in [0.4, 0.5) is 4.39 Å². The summed E-state index contributed by atoms with van der Waals surface area (Å²) in [6.45, 7) is 3.94. The lowest BCUT2D eigenvalue weighted by molar-refractivity contribution is 0.574. The molecule has 0 N–H and O–H groups in total. The van der Waals surface area contributed by atoms with Crippen molar-refractivity contribution in [3.05, 3.63) is 28.5 Å². The summed E-state index contributed by atoms with van der Waals surface area (Å²) >= 11 is 7.19. The predicted molar refractivity (Wildman–Crippen MR) is 57.3 cm³/mol. The van der Waals surface area contributed by atoms with Crippen LogP contribution in [-0.4, -0.2) is 6.26 Å². The number of hydrogen-bond acceptors (Lipinski definition) is 1. The Balaban J connectivity index is 3.27. The monoisotopic (exact) mass is 218 g/mol. The van der Waals surface area contributed by atoms with Gasteiger partial charge in [-0.05, 0) is 23.8 Å². The molecule has 1 aromatic carbocycles. The minimum atomic E-state index is -0.171. The number of rotatable bonds is 2. The third kappa shape index (κ3) is 2.18. The van der Waals surface area contributed by atoms with Crippen molar-refractivity contribution in [3.63, 3.8) is 0 Å². The van der Waals surface area contributed by atoms with Gasteiger partial charge >= 0.3 is 0 Å². The molecule has 1 rings (SSSR count). The zero-order valence-electron chi connectivity index (χ0n) is 7.90. The Morgan fingerprint density at radius 2 is 2.00 bits per heavy atom. The highest BCUT2D eigenvalue weighted by Gasteiger charge is 2.13. The van der Waals surface area contributed by atoms with Crippen LogP contribution in [0.1, 0.15) is 25.3 Å².